The zero-order chi connectivity index (χ0) is 11.6. The molecule has 0 amide bonds. The number of pyridine rings is 1. The van der Waals surface area contributed by atoms with E-state index in [2.05, 4.69) is 4.98 Å². The van der Waals surface area contributed by atoms with Gasteiger partial charge in [0.2, 0.25) is 0 Å². The maximum Gasteiger partial charge on any atom is 0.342 e. The SMILES string of the molecule is CC(C)(C)OC(=O)c1cc(O)cnc1N. The molecule has 0 spiro atoms. The van der Waals surface area contributed by atoms with E-state index < -0.39 is 11.6 Å². The van der Waals surface area contributed by atoms with Gasteiger partial charge in [-0.3, -0.25) is 0 Å². The van der Waals surface area contributed by atoms with Gasteiger partial charge in [-0.1, -0.05) is 0 Å². The second kappa shape index (κ2) is 3.76. The number of hydrogen-bond donors (Lipinski definition) is 2. The molecule has 1 aromatic rings. The van der Waals surface area contributed by atoms with Gasteiger partial charge < -0.3 is 15.6 Å². The van der Waals surface area contributed by atoms with E-state index in [9.17, 15) is 4.79 Å². The standard InChI is InChI=1S/C10H14N2O3/c1-10(2,3)15-9(14)7-4-6(13)5-12-8(7)11/h4-5,13H,1-3H3,(H2,11,12). The minimum atomic E-state index is -0.602. The molecule has 3 N–H and O–H groups in total. The Kier molecular flexibility index (Phi) is 2.83. The van der Waals surface area contributed by atoms with Crippen molar-refractivity contribution in [2.24, 2.45) is 0 Å². The molecular formula is C10H14N2O3. The first-order chi connectivity index (χ1) is 6.79. The number of carbonyl (C=O) groups is 1. The summed E-state index contributed by atoms with van der Waals surface area (Å²) in [5, 5.41) is 9.16. The average molecular weight is 210 g/mol. The van der Waals surface area contributed by atoms with Gasteiger partial charge in [0, 0.05) is 0 Å². The Labute approximate surface area is 87.9 Å². The summed E-state index contributed by atoms with van der Waals surface area (Å²) < 4.78 is 5.09. The van der Waals surface area contributed by atoms with E-state index in [1.165, 1.54) is 12.3 Å². The van der Waals surface area contributed by atoms with E-state index in [-0.39, 0.29) is 17.1 Å². The maximum absolute atomic E-state index is 11.6. The number of nitrogens with zero attached hydrogens (tertiary/aromatic N) is 1. The lowest BCUT2D eigenvalue weighted by Gasteiger charge is -2.19. The molecule has 0 saturated carbocycles. The molecule has 0 fully saturated rings. The number of rotatable bonds is 1. The van der Waals surface area contributed by atoms with Crippen LogP contribution in [-0.4, -0.2) is 21.7 Å². The number of nitrogens with two attached hydrogens (primary N) is 1. The topological polar surface area (TPSA) is 85.4 Å². The lowest BCUT2D eigenvalue weighted by Crippen LogP contribution is -2.24. The van der Waals surface area contributed by atoms with E-state index in [4.69, 9.17) is 15.6 Å². The number of hydrogen-bond acceptors (Lipinski definition) is 5. The predicted molar refractivity (Wildman–Crippen MR) is 55.5 cm³/mol. The van der Waals surface area contributed by atoms with E-state index in [0.717, 1.165) is 0 Å². The molecule has 82 valence electrons. The molecule has 5 nitrogen and oxygen atoms in total. The van der Waals surface area contributed by atoms with E-state index in [0.29, 0.717) is 0 Å². The first-order valence-electron chi connectivity index (χ1n) is 4.47. The quantitative estimate of drug-likeness (QED) is 0.683. The second-order valence-corrected chi connectivity index (χ2v) is 4.13. The van der Waals surface area contributed by atoms with Crippen molar-refractivity contribution in [1.29, 1.82) is 0 Å². The molecule has 0 aromatic carbocycles. The number of aromatic hydroxyl groups is 1. The Morgan fingerprint density at radius 2 is 2.13 bits per heavy atom. The molecule has 5 heteroatoms. The van der Waals surface area contributed by atoms with Crippen molar-refractivity contribution in [3.63, 3.8) is 0 Å². The summed E-state index contributed by atoms with van der Waals surface area (Å²) in [6, 6.07) is 1.23. The van der Waals surface area contributed by atoms with Gasteiger partial charge in [-0.15, -0.1) is 0 Å². The first kappa shape index (κ1) is 11.3. The monoisotopic (exact) mass is 210 g/mol. The normalized spacial score (nSPS) is 11.1. The highest BCUT2D eigenvalue weighted by atomic mass is 16.6. The van der Waals surface area contributed by atoms with Crippen molar-refractivity contribution < 1.29 is 14.6 Å². The summed E-state index contributed by atoms with van der Waals surface area (Å²) in [5.74, 6) is -0.671. The van der Waals surface area contributed by atoms with Gasteiger partial charge in [0.1, 0.15) is 22.7 Å². The van der Waals surface area contributed by atoms with Crippen molar-refractivity contribution in [1.82, 2.24) is 4.98 Å². The van der Waals surface area contributed by atoms with E-state index in [1.807, 2.05) is 0 Å². The fourth-order valence-electron chi connectivity index (χ4n) is 0.961. The summed E-state index contributed by atoms with van der Waals surface area (Å²) in [5.41, 5.74) is 4.96. The molecule has 0 unspecified atom stereocenters. The average Bonchev–Trinajstić information content (AvgIpc) is 2.06. The minimum absolute atomic E-state index is 0.0436. The van der Waals surface area contributed by atoms with Crippen molar-refractivity contribution >= 4 is 11.8 Å². The van der Waals surface area contributed by atoms with E-state index in [1.54, 1.807) is 20.8 Å². The van der Waals surface area contributed by atoms with Gasteiger partial charge in [-0.2, -0.15) is 0 Å². The summed E-state index contributed by atoms with van der Waals surface area (Å²) in [7, 11) is 0. The highest BCUT2D eigenvalue weighted by Crippen LogP contribution is 2.19. The van der Waals surface area contributed by atoms with Gasteiger partial charge in [0.05, 0.1) is 6.20 Å². The summed E-state index contributed by atoms with van der Waals surface area (Å²) in [4.78, 5) is 15.2. The Bertz CT molecular complexity index is 383. The summed E-state index contributed by atoms with van der Waals surface area (Å²) in [6.45, 7) is 5.24. The Morgan fingerprint density at radius 3 is 2.67 bits per heavy atom. The van der Waals surface area contributed by atoms with Crippen LogP contribution in [0.25, 0.3) is 0 Å². The van der Waals surface area contributed by atoms with Crippen LogP contribution >= 0.6 is 0 Å². The summed E-state index contributed by atoms with van der Waals surface area (Å²) >= 11 is 0. The van der Waals surface area contributed by atoms with Crippen LogP contribution in [0.4, 0.5) is 5.82 Å². The second-order valence-electron chi connectivity index (χ2n) is 4.13. The number of carbonyl (C=O) groups excluding carboxylic acids is 1. The lowest BCUT2D eigenvalue weighted by atomic mass is 10.2. The zero-order valence-electron chi connectivity index (χ0n) is 8.94. The van der Waals surface area contributed by atoms with Gasteiger partial charge in [0.15, 0.2) is 0 Å². The molecule has 0 saturated heterocycles. The van der Waals surface area contributed by atoms with Crippen LogP contribution in [0.2, 0.25) is 0 Å². The van der Waals surface area contributed by atoms with Gasteiger partial charge in [-0.05, 0) is 26.8 Å². The third-order valence-corrected chi connectivity index (χ3v) is 1.52. The third kappa shape index (κ3) is 3.12. The Hall–Kier alpha value is -1.78. The van der Waals surface area contributed by atoms with Crippen molar-refractivity contribution in [3.05, 3.63) is 17.8 Å². The minimum Gasteiger partial charge on any atom is -0.506 e. The van der Waals surface area contributed by atoms with Crippen LogP contribution in [-0.2, 0) is 4.74 Å². The highest BCUT2D eigenvalue weighted by Gasteiger charge is 2.20. The first-order valence-corrected chi connectivity index (χ1v) is 4.47. The summed E-state index contributed by atoms with van der Waals surface area (Å²) in [6.07, 6.45) is 1.17. The van der Waals surface area contributed by atoms with E-state index >= 15 is 0 Å². The smallest absolute Gasteiger partial charge is 0.342 e. The largest absolute Gasteiger partial charge is 0.506 e. The lowest BCUT2D eigenvalue weighted by molar-refractivity contribution is 0.00700. The van der Waals surface area contributed by atoms with Gasteiger partial charge in [-0.25, -0.2) is 9.78 Å². The van der Waals surface area contributed by atoms with Crippen LogP contribution in [0.5, 0.6) is 5.75 Å². The molecule has 0 bridgehead atoms. The number of esters is 1. The fourth-order valence-corrected chi connectivity index (χ4v) is 0.961. The molecule has 1 rings (SSSR count). The Balaban J connectivity index is 2.96. The van der Waals surface area contributed by atoms with Crippen LogP contribution in [0.3, 0.4) is 0 Å². The molecule has 0 atom stereocenters. The molecule has 0 aliphatic carbocycles. The predicted octanol–water partition coefficient (Wildman–Crippen LogP) is 1.32. The van der Waals surface area contributed by atoms with Crippen molar-refractivity contribution in [3.8, 4) is 5.75 Å². The van der Waals surface area contributed by atoms with Crippen LogP contribution in [0.1, 0.15) is 31.1 Å². The number of ether oxygens (including phenoxy) is 1. The van der Waals surface area contributed by atoms with Gasteiger partial charge in [0.25, 0.3) is 0 Å². The Morgan fingerprint density at radius 1 is 1.53 bits per heavy atom. The zero-order valence-corrected chi connectivity index (χ0v) is 8.94. The molecule has 1 aromatic heterocycles. The van der Waals surface area contributed by atoms with Gasteiger partial charge >= 0.3 is 5.97 Å². The highest BCUT2D eigenvalue weighted by molar-refractivity contribution is 5.94. The third-order valence-electron chi connectivity index (χ3n) is 1.52. The van der Waals surface area contributed by atoms with Crippen LogP contribution in [0, 0.1) is 0 Å². The molecular weight excluding hydrogens is 196 g/mol. The molecule has 0 aliphatic heterocycles. The number of aromatic nitrogens is 1. The number of nitrogen functional groups attached to an aromatic ring is 1. The maximum atomic E-state index is 11.6. The van der Waals surface area contributed by atoms with Crippen molar-refractivity contribution in [2.75, 3.05) is 5.73 Å². The molecule has 0 aliphatic rings. The fraction of sp³-hybridized carbons (Fsp3) is 0.400. The van der Waals surface area contributed by atoms with Crippen LogP contribution < -0.4 is 5.73 Å². The number of anilines is 1. The molecule has 0 radical (unpaired) electrons. The van der Waals surface area contributed by atoms with Crippen LogP contribution in [0.15, 0.2) is 12.3 Å². The molecule has 15 heavy (non-hydrogen) atoms. The molecule has 1 heterocycles. The van der Waals surface area contributed by atoms with Crippen molar-refractivity contribution in [2.45, 2.75) is 26.4 Å².